The van der Waals surface area contributed by atoms with Crippen LogP contribution in [0.15, 0.2) is 24.3 Å². The minimum atomic E-state index is 0.174. The predicted octanol–water partition coefficient (Wildman–Crippen LogP) is 3.29. The number of hydrogen-bond donors (Lipinski definition) is 0. The molecule has 0 radical (unpaired) electrons. The van der Waals surface area contributed by atoms with E-state index in [2.05, 4.69) is 31.2 Å². The molecule has 2 heteroatoms. The van der Waals surface area contributed by atoms with Crippen molar-refractivity contribution in [2.45, 2.75) is 33.3 Å². The van der Waals surface area contributed by atoms with Crippen LogP contribution in [0.1, 0.15) is 25.0 Å². The average Bonchev–Trinajstić information content (AvgIpc) is 2.07. The lowest BCUT2D eigenvalue weighted by molar-refractivity contribution is 0.230. The molecular formula is C12H16OS. The van der Waals surface area contributed by atoms with Crippen molar-refractivity contribution in [3.05, 3.63) is 35.4 Å². The summed E-state index contributed by atoms with van der Waals surface area (Å²) in [4.78, 5) is 0. The smallest absolute Gasteiger partial charge is 0.164 e. The summed E-state index contributed by atoms with van der Waals surface area (Å²) in [5, 5.41) is 0.670. The third-order valence-corrected chi connectivity index (χ3v) is 2.08. The molecule has 1 aromatic carbocycles. The molecule has 0 aliphatic heterocycles. The van der Waals surface area contributed by atoms with E-state index in [0.717, 1.165) is 6.42 Å². The van der Waals surface area contributed by atoms with Gasteiger partial charge in [-0.2, -0.15) is 0 Å². The van der Waals surface area contributed by atoms with Gasteiger partial charge in [0.25, 0.3) is 0 Å². The van der Waals surface area contributed by atoms with E-state index in [1.165, 1.54) is 11.1 Å². The zero-order valence-electron chi connectivity index (χ0n) is 8.91. The van der Waals surface area contributed by atoms with E-state index in [-0.39, 0.29) is 6.10 Å². The van der Waals surface area contributed by atoms with Crippen molar-refractivity contribution in [3.8, 4) is 0 Å². The summed E-state index contributed by atoms with van der Waals surface area (Å²) in [5.41, 5.74) is 2.48. The first-order valence-electron chi connectivity index (χ1n) is 4.83. The zero-order valence-corrected chi connectivity index (χ0v) is 9.73. The van der Waals surface area contributed by atoms with E-state index < -0.39 is 0 Å². The Morgan fingerprint density at radius 2 is 1.86 bits per heavy atom. The Hall–Kier alpha value is -0.890. The second-order valence-electron chi connectivity index (χ2n) is 3.70. The van der Waals surface area contributed by atoms with Gasteiger partial charge in [0.1, 0.15) is 0 Å². The summed E-state index contributed by atoms with van der Waals surface area (Å²) in [5.74, 6) is 0. The van der Waals surface area contributed by atoms with Crippen LogP contribution >= 0.6 is 12.2 Å². The van der Waals surface area contributed by atoms with Gasteiger partial charge in [-0.15, -0.1) is 0 Å². The normalized spacial score (nSPS) is 10.3. The van der Waals surface area contributed by atoms with Gasteiger partial charge in [-0.25, -0.2) is 0 Å². The van der Waals surface area contributed by atoms with E-state index in [9.17, 15) is 0 Å². The maximum Gasteiger partial charge on any atom is 0.164 e. The van der Waals surface area contributed by atoms with Crippen molar-refractivity contribution in [2.24, 2.45) is 0 Å². The summed E-state index contributed by atoms with van der Waals surface area (Å²) in [6.45, 7) is 6.05. The Bertz CT molecular complexity index is 301. The van der Waals surface area contributed by atoms with Crippen LogP contribution in [0.2, 0.25) is 0 Å². The second-order valence-corrected chi connectivity index (χ2v) is 4.16. The van der Waals surface area contributed by atoms with Gasteiger partial charge < -0.3 is 4.74 Å². The number of thiocarbonyl (C=S) groups is 1. The summed E-state index contributed by atoms with van der Waals surface area (Å²) in [6, 6.07) is 8.36. The molecule has 0 aliphatic rings. The molecule has 0 aliphatic carbocycles. The maximum absolute atomic E-state index is 5.42. The van der Waals surface area contributed by atoms with Gasteiger partial charge in [0.05, 0.1) is 6.10 Å². The third-order valence-electron chi connectivity index (χ3n) is 1.84. The summed E-state index contributed by atoms with van der Waals surface area (Å²) in [6.07, 6.45) is 0.904. The molecule has 0 amide bonds. The molecule has 0 heterocycles. The van der Waals surface area contributed by atoms with Crippen molar-refractivity contribution in [1.29, 1.82) is 0 Å². The lowest BCUT2D eigenvalue weighted by Gasteiger charge is -2.10. The summed E-state index contributed by atoms with van der Waals surface area (Å²) in [7, 11) is 0. The van der Waals surface area contributed by atoms with Gasteiger partial charge in [0.15, 0.2) is 5.05 Å². The molecule has 0 spiro atoms. The fraction of sp³-hybridized carbons (Fsp3) is 0.417. The molecule has 1 rings (SSSR count). The van der Waals surface area contributed by atoms with Gasteiger partial charge in [0, 0.05) is 6.42 Å². The lowest BCUT2D eigenvalue weighted by Crippen LogP contribution is -2.11. The Kier molecular flexibility index (Phi) is 4.08. The first-order chi connectivity index (χ1) is 6.58. The molecule has 0 N–H and O–H groups in total. The molecule has 0 saturated carbocycles. The summed E-state index contributed by atoms with van der Waals surface area (Å²) >= 11 is 5.12. The number of ether oxygens (including phenoxy) is 1. The second kappa shape index (κ2) is 5.11. The largest absolute Gasteiger partial charge is 0.484 e. The van der Waals surface area contributed by atoms with Crippen LogP contribution < -0.4 is 0 Å². The summed E-state index contributed by atoms with van der Waals surface area (Å²) < 4.78 is 5.42. The Balaban J connectivity index is 2.52. The maximum atomic E-state index is 5.42. The highest BCUT2D eigenvalue weighted by molar-refractivity contribution is 7.80. The SMILES string of the molecule is Cc1ccc(CC(=S)OC(C)C)cc1. The Labute approximate surface area is 91.1 Å². The van der Waals surface area contributed by atoms with Crippen LogP contribution in [0.5, 0.6) is 0 Å². The highest BCUT2D eigenvalue weighted by atomic mass is 32.1. The van der Waals surface area contributed by atoms with Gasteiger partial charge >= 0.3 is 0 Å². The number of benzene rings is 1. The van der Waals surface area contributed by atoms with Crippen LogP contribution in [0, 0.1) is 6.92 Å². The minimum absolute atomic E-state index is 0.174. The highest BCUT2D eigenvalue weighted by Gasteiger charge is 2.02. The molecule has 0 bridgehead atoms. The van der Waals surface area contributed by atoms with Crippen molar-refractivity contribution in [2.75, 3.05) is 0 Å². The average molecular weight is 208 g/mol. The zero-order chi connectivity index (χ0) is 10.6. The van der Waals surface area contributed by atoms with Crippen LogP contribution in [-0.2, 0) is 11.2 Å². The molecular weight excluding hydrogens is 192 g/mol. The van der Waals surface area contributed by atoms with Crippen molar-refractivity contribution in [3.63, 3.8) is 0 Å². The quantitative estimate of drug-likeness (QED) is 0.705. The van der Waals surface area contributed by atoms with Crippen LogP contribution in [-0.4, -0.2) is 11.2 Å². The fourth-order valence-corrected chi connectivity index (χ4v) is 1.54. The number of rotatable bonds is 3. The first kappa shape index (κ1) is 11.2. The van der Waals surface area contributed by atoms with Crippen LogP contribution in [0.25, 0.3) is 0 Å². The van der Waals surface area contributed by atoms with Gasteiger partial charge in [-0.3, -0.25) is 0 Å². The lowest BCUT2D eigenvalue weighted by atomic mass is 10.1. The molecule has 0 aromatic heterocycles. The van der Waals surface area contributed by atoms with E-state index in [0.29, 0.717) is 5.05 Å². The van der Waals surface area contributed by atoms with E-state index in [1.807, 2.05) is 13.8 Å². The molecule has 1 aromatic rings. The fourth-order valence-electron chi connectivity index (χ4n) is 1.18. The van der Waals surface area contributed by atoms with E-state index in [1.54, 1.807) is 0 Å². The molecule has 14 heavy (non-hydrogen) atoms. The standard InChI is InChI=1S/C12H16OS/c1-9(2)13-12(14)8-11-6-4-10(3)5-7-11/h4-7,9H,8H2,1-3H3. The Morgan fingerprint density at radius 3 is 2.36 bits per heavy atom. The third kappa shape index (κ3) is 3.88. The molecule has 0 saturated heterocycles. The molecule has 0 unspecified atom stereocenters. The predicted molar refractivity (Wildman–Crippen MR) is 63.7 cm³/mol. The van der Waals surface area contributed by atoms with Crippen molar-refractivity contribution in [1.82, 2.24) is 0 Å². The monoisotopic (exact) mass is 208 g/mol. The molecule has 0 fully saturated rings. The van der Waals surface area contributed by atoms with Gasteiger partial charge in [-0.1, -0.05) is 29.8 Å². The molecule has 76 valence electrons. The topological polar surface area (TPSA) is 9.23 Å². The first-order valence-corrected chi connectivity index (χ1v) is 5.24. The Morgan fingerprint density at radius 1 is 1.29 bits per heavy atom. The van der Waals surface area contributed by atoms with Crippen molar-refractivity contribution >= 4 is 17.3 Å². The van der Waals surface area contributed by atoms with Gasteiger partial charge in [0.2, 0.25) is 0 Å². The minimum Gasteiger partial charge on any atom is -0.484 e. The van der Waals surface area contributed by atoms with Gasteiger partial charge in [-0.05, 0) is 38.6 Å². The van der Waals surface area contributed by atoms with E-state index >= 15 is 0 Å². The van der Waals surface area contributed by atoms with E-state index in [4.69, 9.17) is 17.0 Å². The van der Waals surface area contributed by atoms with Crippen LogP contribution in [0.3, 0.4) is 0 Å². The van der Waals surface area contributed by atoms with Crippen molar-refractivity contribution < 1.29 is 4.74 Å². The number of hydrogen-bond acceptors (Lipinski definition) is 2. The molecule has 0 atom stereocenters. The van der Waals surface area contributed by atoms with Crippen LogP contribution in [0.4, 0.5) is 0 Å². The highest BCUT2D eigenvalue weighted by Crippen LogP contribution is 2.06. The molecule has 1 nitrogen and oxygen atoms in total. The number of aryl methyl sites for hydroxylation is 1.